The van der Waals surface area contributed by atoms with Gasteiger partial charge in [-0.15, -0.1) is 0 Å². The van der Waals surface area contributed by atoms with E-state index in [1.807, 2.05) is 24.3 Å². The summed E-state index contributed by atoms with van der Waals surface area (Å²) in [5, 5.41) is 13.6. The molecule has 1 heterocycles. The molecule has 0 aliphatic carbocycles. The van der Waals surface area contributed by atoms with Gasteiger partial charge in [0.15, 0.2) is 0 Å². The number of halogens is 1. The van der Waals surface area contributed by atoms with Crippen LogP contribution in [0.15, 0.2) is 47.2 Å². The fourth-order valence-electron chi connectivity index (χ4n) is 2.28. The molecule has 1 unspecified atom stereocenters. The summed E-state index contributed by atoms with van der Waals surface area (Å²) in [7, 11) is 0. The number of rotatable bonds is 5. The maximum absolute atomic E-state index is 10.0. The van der Waals surface area contributed by atoms with Crippen LogP contribution in [-0.4, -0.2) is 10.1 Å². The third-order valence-electron chi connectivity index (χ3n) is 3.43. The van der Waals surface area contributed by atoms with Crippen molar-refractivity contribution in [3.8, 4) is 5.75 Å². The highest BCUT2D eigenvalue weighted by Gasteiger charge is 2.17. The van der Waals surface area contributed by atoms with E-state index in [0.29, 0.717) is 5.75 Å². The van der Waals surface area contributed by atoms with Crippen LogP contribution in [0.5, 0.6) is 5.75 Å². The standard InChI is InChI=1S/C16H19BrN2O/c1-3-15(14-10-13(17)4-5-16(14)20)19-11(2)12-6-8-18-9-7-12/h4-11,15,19-20H,3H2,1-2H3/t11-,15?/m1/s1. The number of phenolic OH excluding ortho intramolecular Hbond substituents is 1. The van der Waals surface area contributed by atoms with Crippen LogP contribution in [0.2, 0.25) is 0 Å². The molecule has 20 heavy (non-hydrogen) atoms. The highest BCUT2D eigenvalue weighted by molar-refractivity contribution is 9.10. The summed E-state index contributed by atoms with van der Waals surface area (Å²) in [5.41, 5.74) is 2.11. The minimum absolute atomic E-state index is 0.107. The maximum Gasteiger partial charge on any atom is 0.120 e. The molecule has 2 N–H and O–H groups in total. The van der Waals surface area contributed by atoms with Crippen molar-refractivity contribution in [2.24, 2.45) is 0 Å². The molecule has 0 fully saturated rings. The van der Waals surface area contributed by atoms with Gasteiger partial charge >= 0.3 is 0 Å². The van der Waals surface area contributed by atoms with E-state index in [2.05, 4.69) is 40.1 Å². The summed E-state index contributed by atoms with van der Waals surface area (Å²) >= 11 is 3.46. The maximum atomic E-state index is 10.0. The molecule has 2 atom stereocenters. The molecular formula is C16H19BrN2O. The molecule has 2 aromatic rings. The van der Waals surface area contributed by atoms with E-state index in [9.17, 15) is 5.11 Å². The van der Waals surface area contributed by atoms with E-state index < -0.39 is 0 Å². The molecule has 3 nitrogen and oxygen atoms in total. The van der Waals surface area contributed by atoms with Gasteiger partial charge in [-0.25, -0.2) is 0 Å². The van der Waals surface area contributed by atoms with Crippen LogP contribution < -0.4 is 5.32 Å². The van der Waals surface area contributed by atoms with Crippen LogP contribution in [-0.2, 0) is 0 Å². The van der Waals surface area contributed by atoms with Gasteiger partial charge in [-0.3, -0.25) is 4.98 Å². The Labute approximate surface area is 128 Å². The first-order chi connectivity index (χ1) is 9.61. The van der Waals surface area contributed by atoms with Crippen LogP contribution in [0.25, 0.3) is 0 Å². The largest absolute Gasteiger partial charge is 0.508 e. The number of hydrogen-bond acceptors (Lipinski definition) is 3. The molecule has 0 saturated heterocycles. The van der Waals surface area contributed by atoms with Gasteiger partial charge in [0, 0.05) is 34.5 Å². The smallest absolute Gasteiger partial charge is 0.120 e. The van der Waals surface area contributed by atoms with Crippen molar-refractivity contribution < 1.29 is 5.11 Å². The second kappa shape index (κ2) is 6.86. The average Bonchev–Trinajstić information content (AvgIpc) is 2.48. The summed E-state index contributed by atoms with van der Waals surface area (Å²) in [4.78, 5) is 4.04. The second-order valence-corrected chi connectivity index (χ2v) is 5.75. The number of nitrogens with zero attached hydrogens (tertiary/aromatic N) is 1. The molecule has 0 amide bonds. The second-order valence-electron chi connectivity index (χ2n) is 4.83. The highest BCUT2D eigenvalue weighted by atomic mass is 79.9. The summed E-state index contributed by atoms with van der Waals surface area (Å²) in [6.07, 6.45) is 4.50. The van der Waals surface area contributed by atoms with Gasteiger partial charge < -0.3 is 10.4 Å². The quantitative estimate of drug-likeness (QED) is 0.854. The molecule has 1 aromatic heterocycles. The fourth-order valence-corrected chi connectivity index (χ4v) is 2.66. The van der Waals surface area contributed by atoms with Crippen molar-refractivity contribution >= 4 is 15.9 Å². The van der Waals surface area contributed by atoms with E-state index in [0.717, 1.165) is 16.5 Å². The van der Waals surface area contributed by atoms with Gasteiger partial charge in [-0.05, 0) is 49.2 Å². The van der Waals surface area contributed by atoms with Crippen LogP contribution in [0, 0.1) is 0 Å². The molecule has 0 radical (unpaired) electrons. The Morgan fingerprint density at radius 1 is 1.25 bits per heavy atom. The molecule has 2 rings (SSSR count). The highest BCUT2D eigenvalue weighted by Crippen LogP contribution is 2.31. The number of aromatic nitrogens is 1. The van der Waals surface area contributed by atoms with Crippen molar-refractivity contribution in [3.05, 3.63) is 58.3 Å². The number of phenols is 1. The fraction of sp³-hybridized carbons (Fsp3) is 0.312. The topological polar surface area (TPSA) is 45.2 Å². The van der Waals surface area contributed by atoms with E-state index in [1.165, 1.54) is 5.56 Å². The van der Waals surface area contributed by atoms with Crippen LogP contribution in [0.4, 0.5) is 0 Å². The third kappa shape index (κ3) is 3.58. The lowest BCUT2D eigenvalue weighted by Gasteiger charge is -2.24. The zero-order chi connectivity index (χ0) is 14.5. The van der Waals surface area contributed by atoms with E-state index in [4.69, 9.17) is 0 Å². The number of nitrogens with one attached hydrogen (secondary N) is 1. The van der Waals surface area contributed by atoms with Gasteiger partial charge in [0.1, 0.15) is 5.75 Å². The third-order valence-corrected chi connectivity index (χ3v) is 3.92. The van der Waals surface area contributed by atoms with Gasteiger partial charge in [-0.1, -0.05) is 22.9 Å². The lowest BCUT2D eigenvalue weighted by atomic mass is 10.0. The van der Waals surface area contributed by atoms with Crippen molar-refractivity contribution in [2.45, 2.75) is 32.4 Å². The first-order valence-corrected chi connectivity index (χ1v) is 7.55. The van der Waals surface area contributed by atoms with Crippen LogP contribution >= 0.6 is 15.9 Å². The summed E-state index contributed by atoms with van der Waals surface area (Å²) in [6, 6.07) is 9.85. The van der Waals surface area contributed by atoms with Gasteiger partial charge in [0.25, 0.3) is 0 Å². The number of aromatic hydroxyl groups is 1. The van der Waals surface area contributed by atoms with Crippen molar-refractivity contribution in [1.29, 1.82) is 0 Å². The molecule has 0 aliphatic rings. The SMILES string of the molecule is CCC(N[C@H](C)c1ccncc1)c1cc(Br)ccc1O. The van der Waals surface area contributed by atoms with Crippen LogP contribution in [0.1, 0.15) is 43.5 Å². The molecule has 0 saturated carbocycles. The Hall–Kier alpha value is -1.39. The van der Waals surface area contributed by atoms with E-state index in [-0.39, 0.29) is 12.1 Å². The number of benzene rings is 1. The normalized spacial score (nSPS) is 13.9. The number of pyridine rings is 1. The zero-order valence-electron chi connectivity index (χ0n) is 11.7. The van der Waals surface area contributed by atoms with Gasteiger partial charge in [0.2, 0.25) is 0 Å². The lowest BCUT2D eigenvalue weighted by Crippen LogP contribution is -2.24. The van der Waals surface area contributed by atoms with Gasteiger partial charge in [-0.2, -0.15) is 0 Å². The van der Waals surface area contributed by atoms with Gasteiger partial charge in [0.05, 0.1) is 0 Å². The summed E-state index contributed by atoms with van der Waals surface area (Å²) in [5.74, 6) is 0.328. The Morgan fingerprint density at radius 3 is 2.60 bits per heavy atom. The molecule has 0 bridgehead atoms. The monoisotopic (exact) mass is 334 g/mol. The molecule has 4 heteroatoms. The molecule has 0 spiro atoms. The summed E-state index contributed by atoms with van der Waals surface area (Å²) in [6.45, 7) is 4.23. The molecule has 106 valence electrons. The Bertz CT molecular complexity index is 560. The lowest BCUT2D eigenvalue weighted by molar-refractivity contribution is 0.419. The molecule has 0 aliphatic heterocycles. The van der Waals surface area contributed by atoms with Crippen molar-refractivity contribution in [1.82, 2.24) is 10.3 Å². The molecule has 1 aromatic carbocycles. The van der Waals surface area contributed by atoms with Crippen LogP contribution in [0.3, 0.4) is 0 Å². The minimum Gasteiger partial charge on any atom is -0.508 e. The van der Waals surface area contributed by atoms with E-state index in [1.54, 1.807) is 18.5 Å². The minimum atomic E-state index is 0.107. The van der Waals surface area contributed by atoms with Crippen molar-refractivity contribution in [2.75, 3.05) is 0 Å². The molecular weight excluding hydrogens is 316 g/mol. The first-order valence-electron chi connectivity index (χ1n) is 6.76. The number of hydrogen-bond donors (Lipinski definition) is 2. The van der Waals surface area contributed by atoms with E-state index >= 15 is 0 Å². The van der Waals surface area contributed by atoms with Crippen molar-refractivity contribution in [3.63, 3.8) is 0 Å². The average molecular weight is 335 g/mol. The Balaban J connectivity index is 2.19. The first kappa shape index (κ1) is 15.0. The summed E-state index contributed by atoms with van der Waals surface area (Å²) < 4.78 is 0.974. The predicted octanol–water partition coefficient (Wildman–Crippen LogP) is 4.35. The predicted molar refractivity (Wildman–Crippen MR) is 84.6 cm³/mol. The Morgan fingerprint density at radius 2 is 1.95 bits per heavy atom. The zero-order valence-corrected chi connectivity index (χ0v) is 13.3. The Kier molecular flexibility index (Phi) is 5.15.